The summed E-state index contributed by atoms with van der Waals surface area (Å²) in [6.07, 6.45) is 0.433. The lowest BCUT2D eigenvalue weighted by Gasteiger charge is -2.10. The Morgan fingerprint density at radius 1 is 0.886 bits per heavy atom. The van der Waals surface area contributed by atoms with Gasteiger partial charge in [0.2, 0.25) is 5.91 Å². The number of hydrogen-bond acceptors (Lipinski definition) is 4. The van der Waals surface area contributed by atoms with Gasteiger partial charge in [0.1, 0.15) is 0 Å². The van der Waals surface area contributed by atoms with Crippen LogP contribution in [0.5, 0.6) is 0 Å². The number of nitrogens with one attached hydrogen (secondary N) is 1. The van der Waals surface area contributed by atoms with Crippen molar-refractivity contribution < 1.29 is 18.0 Å². The van der Waals surface area contributed by atoms with Crippen molar-refractivity contribution >= 4 is 17.2 Å². The van der Waals surface area contributed by atoms with Gasteiger partial charge in [-0.3, -0.25) is 9.78 Å². The Morgan fingerprint density at radius 2 is 1.69 bits per heavy atom. The molecule has 0 radical (unpaired) electrons. The van der Waals surface area contributed by atoms with Crippen LogP contribution in [0.1, 0.15) is 11.1 Å². The van der Waals surface area contributed by atoms with Crippen molar-refractivity contribution in [1.29, 1.82) is 0 Å². The fourth-order valence-corrected chi connectivity index (χ4v) is 3.78. The first kappa shape index (κ1) is 22.3. The Hall–Kier alpha value is -4.53. The standard InChI is InChI=1S/C26H18F3N5O/c27-26(28,29)20-5-1-3-17(13-20)14-25(35)32-21-6-2-4-19(15-21)23-9-12-31-24-16-22(33-34(23)24)18-7-10-30-11-8-18/h1-13,15-16H,14H2,(H,32,35). The summed E-state index contributed by atoms with van der Waals surface area (Å²) in [5, 5.41) is 7.45. The topological polar surface area (TPSA) is 72.2 Å². The molecule has 3 aromatic heterocycles. The molecule has 0 aliphatic rings. The van der Waals surface area contributed by atoms with Crippen LogP contribution >= 0.6 is 0 Å². The minimum atomic E-state index is -4.46. The summed E-state index contributed by atoms with van der Waals surface area (Å²) in [4.78, 5) is 21.0. The first-order valence-electron chi connectivity index (χ1n) is 10.7. The molecule has 0 atom stereocenters. The average molecular weight is 473 g/mol. The number of anilines is 1. The maximum atomic E-state index is 13.0. The molecule has 1 N–H and O–H groups in total. The third-order valence-corrected chi connectivity index (χ3v) is 5.40. The average Bonchev–Trinajstić information content (AvgIpc) is 3.29. The van der Waals surface area contributed by atoms with E-state index >= 15 is 0 Å². The van der Waals surface area contributed by atoms with Gasteiger partial charge in [0.15, 0.2) is 5.65 Å². The number of hydrogen-bond donors (Lipinski definition) is 1. The molecule has 0 saturated carbocycles. The monoisotopic (exact) mass is 473 g/mol. The van der Waals surface area contributed by atoms with Crippen LogP contribution in [-0.2, 0) is 17.4 Å². The summed E-state index contributed by atoms with van der Waals surface area (Å²) in [5.41, 5.74) is 3.90. The van der Waals surface area contributed by atoms with E-state index in [1.807, 2.05) is 30.3 Å². The summed E-state index contributed by atoms with van der Waals surface area (Å²) >= 11 is 0. The van der Waals surface area contributed by atoms with Gasteiger partial charge in [0.05, 0.1) is 23.4 Å². The van der Waals surface area contributed by atoms with Crippen LogP contribution in [-0.4, -0.2) is 25.5 Å². The summed E-state index contributed by atoms with van der Waals surface area (Å²) in [7, 11) is 0. The van der Waals surface area contributed by atoms with Gasteiger partial charge in [-0.2, -0.15) is 18.3 Å². The molecule has 0 bridgehead atoms. The number of alkyl halides is 3. The Balaban J connectivity index is 1.39. The van der Waals surface area contributed by atoms with Crippen LogP contribution in [0.25, 0.3) is 28.2 Å². The molecule has 0 unspecified atom stereocenters. The summed E-state index contributed by atoms with van der Waals surface area (Å²) in [6, 6.07) is 19.4. The number of nitrogens with zero attached hydrogens (tertiary/aromatic N) is 4. The molecule has 5 rings (SSSR count). The summed E-state index contributed by atoms with van der Waals surface area (Å²) < 4.78 is 40.6. The fraction of sp³-hybridized carbons (Fsp3) is 0.0769. The van der Waals surface area contributed by atoms with Crippen LogP contribution in [0.4, 0.5) is 18.9 Å². The molecule has 35 heavy (non-hydrogen) atoms. The predicted molar refractivity (Wildman–Crippen MR) is 125 cm³/mol. The van der Waals surface area contributed by atoms with Crippen LogP contribution in [0.3, 0.4) is 0 Å². The highest BCUT2D eigenvalue weighted by Crippen LogP contribution is 2.30. The first-order chi connectivity index (χ1) is 16.9. The van der Waals surface area contributed by atoms with Crippen molar-refractivity contribution in [3.05, 3.63) is 103 Å². The highest BCUT2D eigenvalue weighted by molar-refractivity contribution is 5.93. The van der Waals surface area contributed by atoms with Gasteiger partial charge in [-0.05, 0) is 42.0 Å². The van der Waals surface area contributed by atoms with Crippen molar-refractivity contribution in [3.63, 3.8) is 0 Å². The Kier molecular flexibility index (Phi) is 5.74. The van der Waals surface area contributed by atoms with E-state index in [0.29, 0.717) is 11.3 Å². The second-order valence-corrected chi connectivity index (χ2v) is 7.87. The van der Waals surface area contributed by atoms with Gasteiger partial charge < -0.3 is 5.32 Å². The maximum absolute atomic E-state index is 13.0. The zero-order valence-corrected chi connectivity index (χ0v) is 18.2. The molecule has 0 saturated heterocycles. The molecule has 3 heterocycles. The van der Waals surface area contributed by atoms with E-state index in [4.69, 9.17) is 0 Å². The van der Waals surface area contributed by atoms with Gasteiger partial charge >= 0.3 is 6.18 Å². The van der Waals surface area contributed by atoms with Gasteiger partial charge in [-0.1, -0.05) is 30.3 Å². The lowest BCUT2D eigenvalue weighted by atomic mass is 10.1. The van der Waals surface area contributed by atoms with Crippen LogP contribution in [0.15, 0.2) is 91.4 Å². The van der Waals surface area contributed by atoms with Gasteiger partial charge in [0, 0.05) is 41.5 Å². The molecule has 0 fully saturated rings. The molecule has 6 nitrogen and oxygen atoms in total. The normalized spacial score (nSPS) is 11.5. The lowest BCUT2D eigenvalue weighted by Crippen LogP contribution is -2.15. The van der Waals surface area contributed by atoms with Crippen molar-refractivity contribution in [2.75, 3.05) is 5.32 Å². The van der Waals surface area contributed by atoms with Crippen molar-refractivity contribution in [1.82, 2.24) is 19.6 Å². The fourth-order valence-electron chi connectivity index (χ4n) is 3.78. The van der Waals surface area contributed by atoms with Crippen molar-refractivity contribution in [2.45, 2.75) is 12.6 Å². The first-order valence-corrected chi connectivity index (χ1v) is 10.7. The van der Waals surface area contributed by atoms with E-state index in [-0.39, 0.29) is 12.0 Å². The third-order valence-electron chi connectivity index (χ3n) is 5.40. The van der Waals surface area contributed by atoms with Crippen LogP contribution in [0, 0.1) is 0 Å². The van der Waals surface area contributed by atoms with Crippen LogP contribution < -0.4 is 5.32 Å². The van der Waals surface area contributed by atoms with Gasteiger partial charge in [-0.25, -0.2) is 9.50 Å². The zero-order chi connectivity index (χ0) is 24.4. The highest BCUT2D eigenvalue weighted by Gasteiger charge is 2.30. The number of pyridine rings is 1. The molecular formula is C26H18F3N5O. The van der Waals surface area contributed by atoms with E-state index in [2.05, 4.69) is 20.4 Å². The number of benzene rings is 2. The maximum Gasteiger partial charge on any atom is 0.416 e. The molecule has 9 heteroatoms. The number of halogens is 3. The molecular weight excluding hydrogens is 455 g/mol. The number of carbonyl (C=O) groups is 1. The minimum absolute atomic E-state index is 0.178. The van der Waals surface area contributed by atoms with Gasteiger partial charge in [-0.15, -0.1) is 0 Å². The van der Waals surface area contributed by atoms with E-state index in [9.17, 15) is 18.0 Å². The number of amides is 1. The van der Waals surface area contributed by atoms with Gasteiger partial charge in [0.25, 0.3) is 0 Å². The Morgan fingerprint density at radius 3 is 2.49 bits per heavy atom. The molecule has 0 aliphatic carbocycles. The zero-order valence-electron chi connectivity index (χ0n) is 18.2. The third kappa shape index (κ3) is 4.89. The van der Waals surface area contributed by atoms with E-state index in [0.717, 1.165) is 34.6 Å². The second-order valence-electron chi connectivity index (χ2n) is 7.87. The van der Waals surface area contributed by atoms with E-state index < -0.39 is 17.6 Å². The highest BCUT2D eigenvalue weighted by atomic mass is 19.4. The summed E-state index contributed by atoms with van der Waals surface area (Å²) in [6.45, 7) is 0. The molecule has 1 amide bonds. The smallest absolute Gasteiger partial charge is 0.326 e. The molecule has 0 spiro atoms. The lowest BCUT2D eigenvalue weighted by molar-refractivity contribution is -0.137. The number of aromatic nitrogens is 4. The van der Waals surface area contributed by atoms with E-state index in [1.54, 1.807) is 41.3 Å². The van der Waals surface area contributed by atoms with Crippen molar-refractivity contribution in [2.24, 2.45) is 0 Å². The Labute approximate surface area is 198 Å². The predicted octanol–water partition coefficient (Wildman–Crippen LogP) is 5.66. The Bertz CT molecular complexity index is 1510. The van der Waals surface area contributed by atoms with Crippen LogP contribution in [0.2, 0.25) is 0 Å². The SMILES string of the molecule is O=C(Cc1cccc(C(F)(F)F)c1)Nc1cccc(-c2ccnc3cc(-c4ccncc4)nn23)c1. The minimum Gasteiger partial charge on any atom is -0.326 e. The molecule has 5 aromatic rings. The summed E-state index contributed by atoms with van der Waals surface area (Å²) in [5.74, 6) is -0.416. The molecule has 174 valence electrons. The quantitative estimate of drug-likeness (QED) is 0.358. The number of fused-ring (bicyclic) bond motifs is 1. The van der Waals surface area contributed by atoms with E-state index in [1.165, 1.54) is 12.1 Å². The van der Waals surface area contributed by atoms with Crippen molar-refractivity contribution in [3.8, 4) is 22.5 Å². The molecule has 2 aromatic carbocycles. The largest absolute Gasteiger partial charge is 0.416 e. The number of carbonyl (C=O) groups excluding carboxylic acids is 1. The number of rotatable bonds is 5. The molecule has 0 aliphatic heterocycles. The second kappa shape index (κ2) is 9.02.